The van der Waals surface area contributed by atoms with E-state index >= 15 is 0 Å². The lowest BCUT2D eigenvalue weighted by Crippen LogP contribution is -2.25. The van der Waals surface area contributed by atoms with E-state index in [0.29, 0.717) is 11.5 Å². The Morgan fingerprint density at radius 2 is 1.09 bits per heavy atom. The van der Waals surface area contributed by atoms with E-state index in [-0.39, 0.29) is 5.41 Å². The van der Waals surface area contributed by atoms with Crippen molar-refractivity contribution in [2.24, 2.45) is 0 Å². The molecule has 0 amide bonds. The highest BCUT2D eigenvalue weighted by Gasteiger charge is 2.51. The van der Waals surface area contributed by atoms with Gasteiger partial charge in [0.05, 0.1) is 0 Å². The minimum absolute atomic E-state index is 0.250. The van der Waals surface area contributed by atoms with Crippen LogP contribution >= 0.6 is 7.82 Å². The zero-order chi connectivity index (χ0) is 22.9. The van der Waals surface area contributed by atoms with Gasteiger partial charge in [0.25, 0.3) is 0 Å². The molecule has 1 N–H and O–H groups in total. The van der Waals surface area contributed by atoms with Crippen LogP contribution in [0.3, 0.4) is 0 Å². The molecule has 0 saturated heterocycles. The third kappa shape index (κ3) is 2.92. The molecule has 4 aromatic carbocycles. The van der Waals surface area contributed by atoms with E-state index in [4.69, 9.17) is 9.05 Å². The van der Waals surface area contributed by atoms with Crippen molar-refractivity contribution in [2.45, 2.75) is 31.1 Å². The Hall–Kier alpha value is -3.33. The smallest absolute Gasteiger partial charge is 0.395 e. The number of phosphoric acid groups is 1. The van der Waals surface area contributed by atoms with Crippen molar-refractivity contribution in [3.8, 4) is 33.8 Å². The molecule has 0 aromatic heterocycles. The molecule has 0 unspecified atom stereocenters. The maximum atomic E-state index is 13.2. The summed E-state index contributed by atoms with van der Waals surface area (Å²) in [5.74, 6) is 0.954. The van der Waals surface area contributed by atoms with Crippen LogP contribution in [0.15, 0.2) is 84.9 Å². The summed E-state index contributed by atoms with van der Waals surface area (Å²) in [6.07, 6.45) is 3.70. The van der Waals surface area contributed by atoms with E-state index in [0.717, 1.165) is 59.1 Å². The maximum absolute atomic E-state index is 13.2. The fraction of sp³-hybridized carbons (Fsp3) is 0.172. The van der Waals surface area contributed by atoms with Gasteiger partial charge in [-0.05, 0) is 71.2 Å². The molecule has 1 aliphatic heterocycles. The fourth-order valence-corrected chi connectivity index (χ4v) is 7.10. The Labute approximate surface area is 198 Å². The first-order chi connectivity index (χ1) is 16.5. The summed E-state index contributed by atoms with van der Waals surface area (Å²) in [6.45, 7) is 0. The van der Waals surface area contributed by atoms with Crippen molar-refractivity contribution in [1.82, 2.24) is 0 Å². The van der Waals surface area contributed by atoms with E-state index in [1.165, 1.54) is 11.1 Å². The first-order valence-electron chi connectivity index (χ1n) is 11.7. The summed E-state index contributed by atoms with van der Waals surface area (Å²) < 4.78 is 24.9. The third-order valence-electron chi connectivity index (χ3n) is 7.61. The summed E-state index contributed by atoms with van der Waals surface area (Å²) in [5.41, 5.74) is 8.38. The van der Waals surface area contributed by atoms with Gasteiger partial charge in [0.1, 0.15) is 11.5 Å². The topological polar surface area (TPSA) is 55.8 Å². The molecule has 5 heteroatoms. The van der Waals surface area contributed by atoms with E-state index in [1.807, 2.05) is 72.8 Å². The summed E-state index contributed by atoms with van der Waals surface area (Å²) in [7, 11) is -4.39. The molecule has 4 nitrogen and oxygen atoms in total. The van der Waals surface area contributed by atoms with Crippen molar-refractivity contribution >= 4 is 7.82 Å². The minimum Gasteiger partial charge on any atom is -0.395 e. The highest BCUT2D eigenvalue weighted by Crippen LogP contribution is 2.63. The van der Waals surface area contributed by atoms with E-state index in [2.05, 4.69) is 12.1 Å². The lowest BCUT2D eigenvalue weighted by molar-refractivity contribution is 0.280. The van der Waals surface area contributed by atoms with E-state index in [9.17, 15) is 9.46 Å². The second kappa shape index (κ2) is 7.09. The Bertz CT molecular complexity index is 1380. The number of rotatable bonds is 2. The van der Waals surface area contributed by atoms with Crippen LogP contribution in [0.5, 0.6) is 11.5 Å². The van der Waals surface area contributed by atoms with Crippen molar-refractivity contribution < 1.29 is 18.5 Å². The van der Waals surface area contributed by atoms with E-state index < -0.39 is 7.82 Å². The average Bonchev–Trinajstić information content (AvgIpc) is 3.40. The number of hydrogen-bond donors (Lipinski definition) is 1. The molecule has 3 aliphatic rings. The minimum atomic E-state index is -4.39. The monoisotopic (exact) mass is 466 g/mol. The Balaban J connectivity index is 1.47. The molecule has 7 rings (SSSR count). The van der Waals surface area contributed by atoms with Gasteiger partial charge in [0.2, 0.25) is 0 Å². The second-order valence-corrected chi connectivity index (χ2v) is 10.8. The number of benzene rings is 4. The highest BCUT2D eigenvalue weighted by molar-refractivity contribution is 7.48. The van der Waals surface area contributed by atoms with Gasteiger partial charge in [-0.2, -0.15) is 0 Å². The molecular formula is C29H23O4P. The number of aryl methyl sites for hydroxylation is 2. The van der Waals surface area contributed by atoms with Gasteiger partial charge in [-0.15, -0.1) is 0 Å². The molecule has 0 atom stereocenters. The van der Waals surface area contributed by atoms with Crippen molar-refractivity contribution in [1.29, 1.82) is 0 Å². The lowest BCUT2D eigenvalue weighted by Gasteiger charge is -2.33. The number of phosphoric ester groups is 1. The van der Waals surface area contributed by atoms with E-state index in [1.54, 1.807) is 0 Å². The molecule has 0 fully saturated rings. The zero-order valence-electron chi connectivity index (χ0n) is 18.5. The molecule has 0 bridgehead atoms. The van der Waals surface area contributed by atoms with Crippen LogP contribution in [-0.4, -0.2) is 4.89 Å². The van der Waals surface area contributed by atoms with Crippen LogP contribution in [0.25, 0.3) is 22.3 Å². The molecule has 0 radical (unpaired) electrons. The molecule has 0 saturated carbocycles. The molecular weight excluding hydrogens is 443 g/mol. The van der Waals surface area contributed by atoms with Crippen LogP contribution in [0, 0.1) is 0 Å². The zero-order valence-corrected chi connectivity index (χ0v) is 19.4. The molecule has 1 heterocycles. The van der Waals surface area contributed by atoms with Gasteiger partial charge in [0, 0.05) is 16.5 Å². The first kappa shape index (κ1) is 20.1. The summed E-state index contributed by atoms with van der Waals surface area (Å²) in [4.78, 5) is 10.8. The van der Waals surface area contributed by atoms with Gasteiger partial charge in [-0.25, -0.2) is 4.57 Å². The molecule has 168 valence electrons. The molecule has 4 aromatic rings. The van der Waals surface area contributed by atoms with Gasteiger partial charge < -0.3 is 9.05 Å². The number of hydrogen-bond acceptors (Lipinski definition) is 3. The predicted molar refractivity (Wildman–Crippen MR) is 132 cm³/mol. The Morgan fingerprint density at radius 1 is 0.647 bits per heavy atom. The summed E-state index contributed by atoms with van der Waals surface area (Å²) in [6, 6.07) is 28.4. The van der Waals surface area contributed by atoms with Crippen molar-refractivity contribution in [2.75, 3.05) is 0 Å². The summed E-state index contributed by atoms with van der Waals surface area (Å²) in [5, 5.41) is 0. The van der Waals surface area contributed by atoms with Crippen LogP contribution in [-0.2, 0) is 22.8 Å². The quantitative estimate of drug-likeness (QED) is 0.321. The summed E-state index contributed by atoms with van der Waals surface area (Å²) >= 11 is 0. The average molecular weight is 466 g/mol. The first-order valence-corrected chi connectivity index (χ1v) is 13.2. The van der Waals surface area contributed by atoms with Crippen LogP contribution < -0.4 is 9.05 Å². The predicted octanol–water partition coefficient (Wildman–Crippen LogP) is 7.07. The molecule has 34 heavy (non-hydrogen) atoms. The Morgan fingerprint density at radius 3 is 1.53 bits per heavy atom. The van der Waals surface area contributed by atoms with Gasteiger partial charge >= 0.3 is 7.82 Å². The highest BCUT2D eigenvalue weighted by atomic mass is 31.2. The van der Waals surface area contributed by atoms with Crippen LogP contribution in [0.2, 0.25) is 0 Å². The molecule has 1 spiro atoms. The fourth-order valence-electron chi connectivity index (χ4n) is 6.28. The standard InChI is InChI=1S/C29H23O4P/c30-34(31)32-25-17-23(19-7-3-1-4-8-19)15-21-11-13-29(27(21)25)14-12-22-16-24(18-26(33-34)28(22)29)20-9-5-2-6-10-20/h1-10,15-18H,11-14H2,(H,30,31). The maximum Gasteiger partial charge on any atom is 0.584 e. The van der Waals surface area contributed by atoms with Crippen molar-refractivity contribution in [3.63, 3.8) is 0 Å². The Kier molecular flexibility index (Phi) is 4.18. The van der Waals surface area contributed by atoms with Gasteiger partial charge in [-0.3, -0.25) is 4.89 Å². The van der Waals surface area contributed by atoms with Crippen LogP contribution in [0.1, 0.15) is 35.1 Å². The van der Waals surface area contributed by atoms with Gasteiger partial charge in [0.15, 0.2) is 0 Å². The third-order valence-corrected chi connectivity index (χ3v) is 8.46. The normalized spacial score (nSPS) is 18.1. The van der Waals surface area contributed by atoms with Crippen molar-refractivity contribution in [3.05, 3.63) is 107 Å². The lowest BCUT2D eigenvalue weighted by atomic mass is 9.75. The largest absolute Gasteiger partial charge is 0.584 e. The SMILES string of the molecule is O=P1(O)Oc2cc(-c3ccccc3)cc3c2C2(CC3)CCc3cc(-c4ccccc4)cc(c32)O1. The van der Waals surface area contributed by atoms with Crippen LogP contribution in [0.4, 0.5) is 0 Å². The van der Waals surface area contributed by atoms with Gasteiger partial charge in [-0.1, -0.05) is 72.8 Å². The second-order valence-electron chi connectivity index (χ2n) is 9.48. The molecule has 2 aliphatic carbocycles.